The largest absolute Gasteiger partial charge is 0.354 e. The molecule has 0 aromatic carbocycles. The topological polar surface area (TPSA) is 75.4 Å². The number of rotatable bonds is 5. The van der Waals surface area contributed by atoms with Crippen molar-refractivity contribution in [2.24, 2.45) is 17.6 Å². The molecule has 0 aromatic rings. The van der Waals surface area contributed by atoms with Crippen molar-refractivity contribution in [1.82, 2.24) is 10.2 Å². The third-order valence-electron chi connectivity index (χ3n) is 3.85. The first kappa shape index (κ1) is 17.0. The molecule has 0 saturated heterocycles. The van der Waals surface area contributed by atoms with Gasteiger partial charge in [-0.1, -0.05) is 33.1 Å². The van der Waals surface area contributed by atoms with E-state index in [1.165, 1.54) is 4.90 Å². The van der Waals surface area contributed by atoms with Gasteiger partial charge in [-0.3, -0.25) is 9.59 Å². The maximum Gasteiger partial charge on any atom is 0.239 e. The van der Waals surface area contributed by atoms with E-state index in [2.05, 4.69) is 5.32 Å². The predicted molar refractivity (Wildman–Crippen MR) is 80.0 cm³/mol. The number of nitrogens with one attached hydrogen (secondary N) is 1. The monoisotopic (exact) mass is 283 g/mol. The Morgan fingerprint density at radius 1 is 1.25 bits per heavy atom. The van der Waals surface area contributed by atoms with Gasteiger partial charge in [-0.15, -0.1) is 0 Å². The Morgan fingerprint density at radius 3 is 2.55 bits per heavy atom. The van der Waals surface area contributed by atoms with Gasteiger partial charge in [-0.25, -0.2) is 0 Å². The summed E-state index contributed by atoms with van der Waals surface area (Å²) in [5.74, 6) is 0.200. The molecule has 5 heteroatoms. The Hall–Kier alpha value is -1.10. The summed E-state index contributed by atoms with van der Waals surface area (Å²) in [6.45, 7) is 4.85. The van der Waals surface area contributed by atoms with Gasteiger partial charge in [0, 0.05) is 19.6 Å². The first-order valence-corrected chi connectivity index (χ1v) is 7.69. The van der Waals surface area contributed by atoms with Gasteiger partial charge in [0.2, 0.25) is 11.8 Å². The lowest BCUT2D eigenvalue weighted by Crippen LogP contribution is -2.46. The quantitative estimate of drug-likeness (QED) is 0.743. The molecule has 116 valence electrons. The fourth-order valence-electron chi connectivity index (χ4n) is 2.59. The first-order chi connectivity index (χ1) is 9.41. The highest BCUT2D eigenvalue weighted by Crippen LogP contribution is 2.23. The highest BCUT2D eigenvalue weighted by molar-refractivity contribution is 5.86. The van der Waals surface area contributed by atoms with E-state index in [0.717, 1.165) is 32.1 Å². The summed E-state index contributed by atoms with van der Waals surface area (Å²) in [4.78, 5) is 25.7. The van der Waals surface area contributed by atoms with Crippen LogP contribution < -0.4 is 11.1 Å². The zero-order valence-corrected chi connectivity index (χ0v) is 13.0. The number of carbonyl (C=O) groups excluding carboxylic acids is 2. The fraction of sp³-hybridized carbons (Fsp3) is 0.867. The first-order valence-electron chi connectivity index (χ1n) is 7.69. The van der Waals surface area contributed by atoms with E-state index in [1.807, 2.05) is 13.8 Å². The minimum absolute atomic E-state index is 0.0131. The van der Waals surface area contributed by atoms with Gasteiger partial charge in [0.15, 0.2) is 0 Å². The number of hydrogen-bond acceptors (Lipinski definition) is 3. The van der Waals surface area contributed by atoms with Crippen LogP contribution in [0.2, 0.25) is 0 Å². The molecule has 0 radical (unpaired) electrons. The highest BCUT2D eigenvalue weighted by atomic mass is 16.2. The smallest absolute Gasteiger partial charge is 0.239 e. The van der Waals surface area contributed by atoms with Crippen molar-refractivity contribution < 1.29 is 9.59 Å². The summed E-state index contributed by atoms with van der Waals surface area (Å²) in [5.41, 5.74) is 6.10. The Kier molecular flexibility index (Phi) is 6.99. The number of carbonyl (C=O) groups is 2. The molecule has 0 aromatic heterocycles. The standard InChI is InChI=1S/C15H29N3O2/c1-11(2)9-17-14(19)10-18(3)15(20)12-7-5-4-6-8-13(12)16/h11-13H,4-10,16H2,1-3H3,(H,17,19). The molecule has 1 saturated carbocycles. The number of nitrogens with two attached hydrogens (primary N) is 1. The van der Waals surface area contributed by atoms with Crippen LogP contribution in [0.25, 0.3) is 0 Å². The summed E-state index contributed by atoms with van der Waals surface area (Å²) in [5, 5.41) is 2.83. The Morgan fingerprint density at radius 2 is 1.90 bits per heavy atom. The number of amides is 2. The summed E-state index contributed by atoms with van der Waals surface area (Å²) in [6, 6.07) is -0.0637. The van der Waals surface area contributed by atoms with Gasteiger partial charge in [0.1, 0.15) is 0 Å². The van der Waals surface area contributed by atoms with Crippen LogP contribution in [0, 0.1) is 11.8 Å². The van der Waals surface area contributed by atoms with E-state index < -0.39 is 0 Å². The molecule has 0 bridgehead atoms. The van der Waals surface area contributed by atoms with Crippen LogP contribution in [0.1, 0.15) is 46.0 Å². The summed E-state index contributed by atoms with van der Waals surface area (Å²) < 4.78 is 0. The van der Waals surface area contributed by atoms with E-state index in [-0.39, 0.29) is 30.3 Å². The molecule has 0 aliphatic heterocycles. The van der Waals surface area contributed by atoms with E-state index in [1.54, 1.807) is 7.05 Å². The maximum atomic E-state index is 12.4. The fourth-order valence-corrected chi connectivity index (χ4v) is 2.59. The number of hydrogen-bond donors (Lipinski definition) is 2. The van der Waals surface area contributed by atoms with Gasteiger partial charge >= 0.3 is 0 Å². The van der Waals surface area contributed by atoms with Crippen LogP contribution in [-0.4, -0.2) is 42.9 Å². The molecule has 2 atom stereocenters. The van der Waals surface area contributed by atoms with Crippen LogP contribution in [0.4, 0.5) is 0 Å². The molecule has 2 amide bonds. The predicted octanol–water partition coefficient (Wildman–Crippen LogP) is 1.12. The Labute approximate surface area is 122 Å². The highest BCUT2D eigenvalue weighted by Gasteiger charge is 2.29. The molecule has 1 fully saturated rings. The van der Waals surface area contributed by atoms with Crippen LogP contribution in [0.3, 0.4) is 0 Å². The normalized spacial score (nSPS) is 23.2. The molecule has 1 rings (SSSR count). The molecule has 1 aliphatic carbocycles. The average Bonchev–Trinajstić information content (AvgIpc) is 2.60. The SMILES string of the molecule is CC(C)CNC(=O)CN(C)C(=O)C1CCCCCC1N. The molecular formula is C15H29N3O2. The minimum atomic E-state index is -0.125. The molecular weight excluding hydrogens is 254 g/mol. The van der Waals surface area contributed by atoms with Gasteiger partial charge in [-0.2, -0.15) is 0 Å². The number of nitrogens with zero attached hydrogens (tertiary/aromatic N) is 1. The van der Waals surface area contributed by atoms with E-state index >= 15 is 0 Å². The Bertz CT molecular complexity index is 331. The van der Waals surface area contributed by atoms with Crippen LogP contribution >= 0.6 is 0 Å². The van der Waals surface area contributed by atoms with Crippen molar-refractivity contribution in [2.45, 2.75) is 52.0 Å². The molecule has 20 heavy (non-hydrogen) atoms. The third-order valence-corrected chi connectivity index (χ3v) is 3.85. The zero-order valence-electron chi connectivity index (χ0n) is 13.0. The lowest BCUT2D eigenvalue weighted by molar-refractivity contribution is -0.138. The van der Waals surface area contributed by atoms with Crippen molar-refractivity contribution in [3.05, 3.63) is 0 Å². The second kappa shape index (κ2) is 8.25. The molecule has 1 aliphatic rings. The molecule has 2 unspecified atom stereocenters. The molecule has 5 nitrogen and oxygen atoms in total. The van der Waals surface area contributed by atoms with E-state index in [4.69, 9.17) is 5.73 Å². The summed E-state index contributed by atoms with van der Waals surface area (Å²) in [7, 11) is 1.69. The maximum absolute atomic E-state index is 12.4. The third kappa shape index (κ3) is 5.49. The lowest BCUT2D eigenvalue weighted by atomic mass is 9.94. The minimum Gasteiger partial charge on any atom is -0.354 e. The van der Waals surface area contributed by atoms with Gasteiger partial charge in [-0.05, 0) is 18.8 Å². The van der Waals surface area contributed by atoms with Gasteiger partial charge in [0.05, 0.1) is 12.5 Å². The lowest BCUT2D eigenvalue weighted by Gasteiger charge is -2.26. The van der Waals surface area contributed by atoms with Crippen molar-refractivity contribution in [2.75, 3.05) is 20.1 Å². The van der Waals surface area contributed by atoms with Crippen molar-refractivity contribution in [3.63, 3.8) is 0 Å². The van der Waals surface area contributed by atoms with E-state index in [9.17, 15) is 9.59 Å². The van der Waals surface area contributed by atoms with Crippen LogP contribution in [0.5, 0.6) is 0 Å². The molecule has 0 spiro atoms. The zero-order chi connectivity index (χ0) is 15.1. The van der Waals surface area contributed by atoms with Crippen LogP contribution in [0.15, 0.2) is 0 Å². The Balaban J connectivity index is 2.46. The second-order valence-corrected chi connectivity index (χ2v) is 6.30. The average molecular weight is 283 g/mol. The van der Waals surface area contributed by atoms with Crippen molar-refractivity contribution in [1.29, 1.82) is 0 Å². The van der Waals surface area contributed by atoms with Crippen molar-refractivity contribution >= 4 is 11.8 Å². The van der Waals surface area contributed by atoms with Gasteiger partial charge in [0.25, 0.3) is 0 Å². The number of likely N-dealkylation sites (N-methyl/N-ethyl adjacent to an activating group) is 1. The molecule has 3 N–H and O–H groups in total. The summed E-state index contributed by atoms with van der Waals surface area (Å²) >= 11 is 0. The van der Waals surface area contributed by atoms with Gasteiger partial charge < -0.3 is 16.0 Å². The summed E-state index contributed by atoms with van der Waals surface area (Å²) in [6.07, 6.45) is 5.05. The second-order valence-electron chi connectivity index (χ2n) is 6.30. The van der Waals surface area contributed by atoms with E-state index in [0.29, 0.717) is 12.5 Å². The molecule has 0 heterocycles. The van der Waals surface area contributed by atoms with Crippen molar-refractivity contribution in [3.8, 4) is 0 Å². The van der Waals surface area contributed by atoms with Crippen LogP contribution in [-0.2, 0) is 9.59 Å².